The Bertz CT molecular complexity index is 1020. The van der Waals surface area contributed by atoms with Crippen molar-refractivity contribution in [3.8, 4) is 11.5 Å². The van der Waals surface area contributed by atoms with E-state index in [0.717, 1.165) is 12.0 Å². The second kappa shape index (κ2) is 6.90. The fourth-order valence-corrected chi connectivity index (χ4v) is 5.26. The summed E-state index contributed by atoms with van der Waals surface area (Å²) in [6.07, 6.45) is 1.29. The van der Waals surface area contributed by atoms with Crippen LogP contribution in [0.25, 0.3) is 11.5 Å². The maximum absolute atomic E-state index is 12.9. The summed E-state index contributed by atoms with van der Waals surface area (Å²) in [5, 5.41) is 12.0. The van der Waals surface area contributed by atoms with Crippen LogP contribution in [0.2, 0.25) is 0 Å². The first-order valence-corrected chi connectivity index (χ1v) is 10.2. The first-order chi connectivity index (χ1) is 12.9. The lowest BCUT2D eigenvalue weighted by molar-refractivity contribution is 0.389. The molecule has 1 aromatic carbocycles. The van der Waals surface area contributed by atoms with Gasteiger partial charge in [0, 0.05) is 25.1 Å². The second-order valence-electron chi connectivity index (χ2n) is 6.74. The van der Waals surface area contributed by atoms with Crippen molar-refractivity contribution in [1.29, 1.82) is 0 Å². The molecular weight excluding hydrogens is 368 g/mol. The van der Waals surface area contributed by atoms with Gasteiger partial charge in [-0.05, 0) is 38.3 Å². The summed E-state index contributed by atoms with van der Waals surface area (Å²) in [4.78, 5) is 0.173. The van der Waals surface area contributed by atoms with Crippen LogP contribution in [0.4, 0.5) is 0 Å². The minimum absolute atomic E-state index is 0.129. The van der Waals surface area contributed by atoms with Crippen LogP contribution in [-0.4, -0.2) is 41.2 Å². The average Bonchev–Trinajstić information content (AvgIpc) is 3.37. The molecule has 3 aromatic rings. The Labute approximate surface area is 157 Å². The summed E-state index contributed by atoms with van der Waals surface area (Å²) >= 11 is 0. The van der Waals surface area contributed by atoms with E-state index >= 15 is 0 Å². The molecule has 1 saturated heterocycles. The van der Waals surface area contributed by atoms with Crippen LogP contribution in [0.1, 0.15) is 23.8 Å². The van der Waals surface area contributed by atoms with Crippen LogP contribution in [0.5, 0.6) is 0 Å². The van der Waals surface area contributed by atoms with Crippen molar-refractivity contribution in [3.63, 3.8) is 0 Å². The Hall–Kier alpha value is -2.52. The highest BCUT2D eigenvalue weighted by Gasteiger charge is 2.36. The van der Waals surface area contributed by atoms with Crippen LogP contribution in [0.3, 0.4) is 0 Å². The van der Waals surface area contributed by atoms with E-state index < -0.39 is 10.0 Å². The van der Waals surface area contributed by atoms with Crippen LogP contribution in [0.15, 0.2) is 44.2 Å². The van der Waals surface area contributed by atoms with Gasteiger partial charge in [-0.3, -0.25) is 0 Å². The van der Waals surface area contributed by atoms with Gasteiger partial charge in [-0.2, -0.15) is 4.31 Å². The van der Waals surface area contributed by atoms with Crippen molar-refractivity contribution >= 4 is 10.0 Å². The minimum Gasteiger partial charge on any atom is -0.421 e. The van der Waals surface area contributed by atoms with Gasteiger partial charge < -0.3 is 8.94 Å². The number of sulfonamides is 1. The van der Waals surface area contributed by atoms with E-state index in [0.29, 0.717) is 42.7 Å². The van der Waals surface area contributed by atoms with E-state index in [-0.39, 0.29) is 10.8 Å². The number of hydrogen-bond acceptors (Lipinski definition) is 7. The quantitative estimate of drug-likeness (QED) is 0.662. The van der Waals surface area contributed by atoms with Gasteiger partial charge in [0.15, 0.2) is 5.76 Å². The number of benzene rings is 1. The normalized spacial score (nSPS) is 18.2. The van der Waals surface area contributed by atoms with E-state index in [1.165, 1.54) is 4.31 Å². The van der Waals surface area contributed by atoms with Gasteiger partial charge in [-0.15, -0.1) is 10.2 Å². The monoisotopic (exact) mass is 388 g/mol. The SMILES string of the molecule is Cc1noc(C)c1S(=O)(=O)N1CC[C@H](Cc2nnc(-c3ccccc3)o2)C1. The summed E-state index contributed by atoms with van der Waals surface area (Å²) in [6.45, 7) is 4.12. The van der Waals surface area contributed by atoms with Crippen molar-refractivity contribution in [3.05, 3.63) is 47.7 Å². The fraction of sp³-hybridized carbons (Fsp3) is 0.389. The summed E-state index contributed by atoms with van der Waals surface area (Å²) in [6, 6.07) is 9.56. The number of rotatable bonds is 5. The first-order valence-electron chi connectivity index (χ1n) is 8.76. The Balaban J connectivity index is 1.46. The molecule has 0 unspecified atom stereocenters. The summed E-state index contributed by atoms with van der Waals surface area (Å²) in [7, 11) is -3.61. The van der Waals surface area contributed by atoms with Crippen LogP contribution in [0, 0.1) is 19.8 Å². The molecule has 9 heteroatoms. The smallest absolute Gasteiger partial charge is 0.248 e. The van der Waals surface area contributed by atoms with Gasteiger partial charge in [-0.1, -0.05) is 23.4 Å². The lowest BCUT2D eigenvalue weighted by Crippen LogP contribution is -2.29. The molecule has 4 rings (SSSR count). The molecule has 1 fully saturated rings. The zero-order chi connectivity index (χ0) is 19.0. The van der Waals surface area contributed by atoms with Gasteiger partial charge in [0.25, 0.3) is 0 Å². The molecule has 1 aliphatic heterocycles. The van der Waals surface area contributed by atoms with E-state index in [9.17, 15) is 8.42 Å². The molecule has 1 aliphatic rings. The molecule has 0 amide bonds. The highest BCUT2D eigenvalue weighted by molar-refractivity contribution is 7.89. The molecule has 0 radical (unpaired) electrons. The van der Waals surface area contributed by atoms with Gasteiger partial charge in [0.2, 0.25) is 21.8 Å². The van der Waals surface area contributed by atoms with E-state index in [2.05, 4.69) is 15.4 Å². The third-order valence-electron chi connectivity index (χ3n) is 4.77. The topological polar surface area (TPSA) is 102 Å². The maximum Gasteiger partial charge on any atom is 0.248 e. The Kier molecular flexibility index (Phi) is 4.56. The predicted molar refractivity (Wildman–Crippen MR) is 96.3 cm³/mol. The van der Waals surface area contributed by atoms with Crippen LogP contribution < -0.4 is 0 Å². The zero-order valence-electron chi connectivity index (χ0n) is 15.1. The number of hydrogen-bond donors (Lipinski definition) is 0. The number of aromatic nitrogens is 3. The summed E-state index contributed by atoms with van der Waals surface area (Å²) < 4.78 is 38.0. The third kappa shape index (κ3) is 3.40. The maximum atomic E-state index is 12.9. The van der Waals surface area contributed by atoms with Crippen LogP contribution in [-0.2, 0) is 16.4 Å². The van der Waals surface area contributed by atoms with Crippen molar-refractivity contribution < 1.29 is 17.4 Å². The molecule has 0 spiro atoms. The van der Waals surface area contributed by atoms with E-state index in [1.807, 2.05) is 30.3 Å². The fourth-order valence-electron chi connectivity index (χ4n) is 3.43. The van der Waals surface area contributed by atoms with Crippen molar-refractivity contribution in [1.82, 2.24) is 19.7 Å². The highest BCUT2D eigenvalue weighted by atomic mass is 32.2. The molecular formula is C18H20N4O4S. The lowest BCUT2D eigenvalue weighted by atomic mass is 10.1. The van der Waals surface area contributed by atoms with Crippen molar-refractivity contribution in [2.45, 2.75) is 31.6 Å². The largest absolute Gasteiger partial charge is 0.421 e. The Morgan fingerprint density at radius 3 is 2.67 bits per heavy atom. The van der Waals surface area contributed by atoms with Gasteiger partial charge in [0.1, 0.15) is 10.6 Å². The molecule has 2 aromatic heterocycles. The van der Waals surface area contributed by atoms with Crippen LogP contribution >= 0.6 is 0 Å². The van der Waals surface area contributed by atoms with Crippen molar-refractivity contribution in [2.75, 3.05) is 13.1 Å². The Morgan fingerprint density at radius 1 is 1.19 bits per heavy atom. The number of aryl methyl sites for hydroxylation is 2. The molecule has 3 heterocycles. The molecule has 0 N–H and O–H groups in total. The third-order valence-corrected chi connectivity index (χ3v) is 6.88. The molecule has 27 heavy (non-hydrogen) atoms. The van der Waals surface area contributed by atoms with Gasteiger partial charge in [-0.25, -0.2) is 8.42 Å². The molecule has 0 bridgehead atoms. The molecule has 0 saturated carbocycles. The minimum atomic E-state index is -3.61. The zero-order valence-corrected chi connectivity index (χ0v) is 15.9. The molecule has 0 aliphatic carbocycles. The second-order valence-corrected chi connectivity index (χ2v) is 8.62. The first kappa shape index (κ1) is 17.9. The van der Waals surface area contributed by atoms with Crippen molar-refractivity contribution in [2.24, 2.45) is 5.92 Å². The van der Waals surface area contributed by atoms with E-state index in [1.54, 1.807) is 13.8 Å². The number of nitrogens with zero attached hydrogens (tertiary/aromatic N) is 4. The highest BCUT2D eigenvalue weighted by Crippen LogP contribution is 2.30. The standard InChI is InChI=1S/C18H20N4O4S/c1-12-17(13(2)26-21-12)27(23,24)22-9-8-14(11-22)10-16-19-20-18(25-16)15-6-4-3-5-7-15/h3-7,14H,8-11H2,1-2H3/t14-/m1/s1. The molecule has 8 nitrogen and oxygen atoms in total. The lowest BCUT2D eigenvalue weighted by Gasteiger charge is -2.15. The van der Waals surface area contributed by atoms with Gasteiger partial charge >= 0.3 is 0 Å². The summed E-state index contributed by atoms with van der Waals surface area (Å²) in [5.74, 6) is 1.45. The van der Waals surface area contributed by atoms with Gasteiger partial charge in [0.05, 0.1) is 0 Å². The van der Waals surface area contributed by atoms with E-state index in [4.69, 9.17) is 8.94 Å². The molecule has 142 valence electrons. The Morgan fingerprint density at radius 2 is 1.96 bits per heavy atom. The average molecular weight is 388 g/mol. The predicted octanol–water partition coefficient (Wildman–Crippen LogP) is 2.59. The molecule has 1 atom stereocenters. The summed E-state index contributed by atoms with van der Waals surface area (Å²) in [5.41, 5.74) is 1.26.